The normalized spacial score (nSPS) is 35.9. The highest BCUT2D eigenvalue weighted by molar-refractivity contribution is 5.97. The zero-order valence-electron chi connectivity index (χ0n) is 10.2. The zero-order chi connectivity index (χ0) is 13.4. The van der Waals surface area contributed by atoms with Crippen molar-refractivity contribution < 1.29 is 28.7 Å². The minimum Gasteiger partial charge on any atom is -0.393 e. The molecule has 4 atom stereocenters. The van der Waals surface area contributed by atoms with Crippen LogP contribution in [0.3, 0.4) is 0 Å². The molecule has 98 valence electrons. The molecule has 0 aliphatic carbocycles. The number of ether oxygens (including phenoxy) is 2. The molecule has 0 N–H and O–H groups in total. The van der Waals surface area contributed by atoms with Gasteiger partial charge in [-0.2, -0.15) is 0 Å². The van der Waals surface area contributed by atoms with E-state index in [2.05, 4.69) is 9.47 Å². The van der Waals surface area contributed by atoms with Crippen LogP contribution in [0, 0.1) is 23.7 Å². The molecule has 0 bridgehead atoms. The first-order valence-electron chi connectivity index (χ1n) is 5.93. The first-order chi connectivity index (χ1) is 8.41. The molecule has 2 aliphatic heterocycles. The summed E-state index contributed by atoms with van der Waals surface area (Å²) in [4.78, 5) is 45.2. The molecule has 0 spiro atoms. The number of rotatable bonds is 3. The van der Waals surface area contributed by atoms with Gasteiger partial charge in [0.1, 0.15) is 0 Å². The lowest BCUT2D eigenvalue weighted by molar-refractivity contribution is -0.156. The Hall–Kier alpha value is -1.72. The number of cyclic esters (lactones) is 4. The molecule has 0 radical (unpaired) electrons. The van der Waals surface area contributed by atoms with Crippen molar-refractivity contribution in [3.8, 4) is 0 Å². The maximum Gasteiger partial charge on any atom is 0.317 e. The average Bonchev–Trinajstić information content (AvgIpc) is 2.67. The lowest BCUT2D eigenvalue weighted by Crippen LogP contribution is -2.20. The molecular formula is C12H14O6. The van der Waals surface area contributed by atoms with Crippen molar-refractivity contribution in [2.24, 2.45) is 23.7 Å². The minimum absolute atomic E-state index is 0.350. The highest BCUT2D eigenvalue weighted by Crippen LogP contribution is 2.33. The second kappa shape index (κ2) is 4.51. The second-order valence-corrected chi connectivity index (χ2v) is 4.85. The topological polar surface area (TPSA) is 86.7 Å². The van der Waals surface area contributed by atoms with Crippen LogP contribution in [0.1, 0.15) is 26.7 Å². The van der Waals surface area contributed by atoms with E-state index >= 15 is 0 Å². The van der Waals surface area contributed by atoms with Gasteiger partial charge in [0, 0.05) is 0 Å². The van der Waals surface area contributed by atoms with Gasteiger partial charge in [-0.05, 0) is 12.8 Å². The summed E-state index contributed by atoms with van der Waals surface area (Å²) in [5.41, 5.74) is 0. The maximum atomic E-state index is 11.4. The van der Waals surface area contributed by atoms with E-state index in [1.54, 1.807) is 13.8 Å². The van der Waals surface area contributed by atoms with Crippen molar-refractivity contribution in [1.82, 2.24) is 0 Å². The number of carbonyl (C=O) groups is 4. The zero-order valence-corrected chi connectivity index (χ0v) is 10.2. The molecule has 0 aromatic carbocycles. The van der Waals surface area contributed by atoms with Gasteiger partial charge in [-0.25, -0.2) is 0 Å². The van der Waals surface area contributed by atoms with E-state index in [0.717, 1.165) is 0 Å². The Balaban J connectivity index is 1.96. The predicted molar refractivity (Wildman–Crippen MR) is 56.7 cm³/mol. The van der Waals surface area contributed by atoms with Gasteiger partial charge in [0.15, 0.2) is 0 Å². The molecule has 4 unspecified atom stereocenters. The Bertz CT molecular complexity index is 386. The van der Waals surface area contributed by atoms with Crippen molar-refractivity contribution in [3.05, 3.63) is 0 Å². The first-order valence-corrected chi connectivity index (χ1v) is 5.93. The molecular weight excluding hydrogens is 240 g/mol. The molecule has 0 aromatic heterocycles. The quantitative estimate of drug-likeness (QED) is 0.536. The van der Waals surface area contributed by atoms with E-state index in [4.69, 9.17) is 0 Å². The van der Waals surface area contributed by atoms with E-state index < -0.39 is 47.5 Å². The molecule has 2 heterocycles. The van der Waals surface area contributed by atoms with Crippen molar-refractivity contribution in [2.45, 2.75) is 26.7 Å². The van der Waals surface area contributed by atoms with Gasteiger partial charge in [-0.1, -0.05) is 13.8 Å². The lowest BCUT2D eigenvalue weighted by atomic mass is 9.85. The summed E-state index contributed by atoms with van der Waals surface area (Å²) in [5, 5.41) is 0. The summed E-state index contributed by atoms with van der Waals surface area (Å²) in [6, 6.07) is 0. The third-order valence-corrected chi connectivity index (χ3v) is 3.75. The van der Waals surface area contributed by atoms with Gasteiger partial charge in [0.05, 0.1) is 23.7 Å². The predicted octanol–water partition coefficient (Wildman–Crippen LogP) is 0.438. The molecule has 2 fully saturated rings. The Kier molecular flexibility index (Phi) is 3.19. The summed E-state index contributed by atoms with van der Waals surface area (Å²) in [6.07, 6.45) is 0.701. The van der Waals surface area contributed by atoms with Crippen LogP contribution in [0.25, 0.3) is 0 Å². The monoisotopic (exact) mass is 254 g/mol. The van der Waals surface area contributed by atoms with Crippen LogP contribution in [0.4, 0.5) is 0 Å². The van der Waals surface area contributed by atoms with E-state index in [0.29, 0.717) is 12.8 Å². The summed E-state index contributed by atoms with van der Waals surface area (Å²) in [7, 11) is 0. The molecule has 2 aliphatic rings. The highest BCUT2D eigenvalue weighted by Gasteiger charge is 2.45. The fourth-order valence-corrected chi connectivity index (χ4v) is 2.37. The first kappa shape index (κ1) is 12.7. The summed E-state index contributed by atoms with van der Waals surface area (Å²) < 4.78 is 9.03. The van der Waals surface area contributed by atoms with Gasteiger partial charge in [0.2, 0.25) is 0 Å². The summed E-state index contributed by atoms with van der Waals surface area (Å²) in [5.74, 6) is -4.15. The van der Waals surface area contributed by atoms with Crippen LogP contribution in [0.15, 0.2) is 0 Å². The van der Waals surface area contributed by atoms with E-state index in [9.17, 15) is 19.2 Å². The van der Waals surface area contributed by atoms with Crippen LogP contribution in [0.2, 0.25) is 0 Å². The lowest BCUT2D eigenvalue weighted by Gasteiger charge is -2.12. The third-order valence-electron chi connectivity index (χ3n) is 3.75. The number of hydrogen-bond donors (Lipinski definition) is 0. The maximum absolute atomic E-state index is 11.4. The SMILES string of the molecule is CC1C(=O)OC(=O)C1CCC1C(=O)OC(=O)C1C. The van der Waals surface area contributed by atoms with Crippen LogP contribution >= 0.6 is 0 Å². The van der Waals surface area contributed by atoms with Crippen molar-refractivity contribution in [1.29, 1.82) is 0 Å². The van der Waals surface area contributed by atoms with Gasteiger partial charge >= 0.3 is 23.9 Å². The number of carbonyl (C=O) groups excluding carboxylic acids is 4. The molecule has 0 amide bonds. The fraction of sp³-hybridized carbons (Fsp3) is 0.667. The molecule has 0 aromatic rings. The van der Waals surface area contributed by atoms with Gasteiger partial charge < -0.3 is 9.47 Å². The molecule has 6 heteroatoms. The largest absolute Gasteiger partial charge is 0.393 e. The highest BCUT2D eigenvalue weighted by atomic mass is 16.6. The van der Waals surface area contributed by atoms with Crippen LogP contribution in [-0.4, -0.2) is 23.9 Å². The third kappa shape index (κ3) is 2.02. The van der Waals surface area contributed by atoms with Crippen molar-refractivity contribution in [2.75, 3.05) is 0 Å². The Morgan fingerprint density at radius 1 is 0.722 bits per heavy atom. The fourth-order valence-electron chi connectivity index (χ4n) is 2.37. The molecule has 0 saturated carbocycles. The molecule has 2 saturated heterocycles. The van der Waals surface area contributed by atoms with Gasteiger partial charge in [0.25, 0.3) is 0 Å². The minimum atomic E-state index is -0.544. The molecule has 18 heavy (non-hydrogen) atoms. The Labute approximate surface area is 104 Å². The van der Waals surface area contributed by atoms with Crippen molar-refractivity contribution in [3.63, 3.8) is 0 Å². The Morgan fingerprint density at radius 2 is 1.06 bits per heavy atom. The van der Waals surface area contributed by atoms with E-state index in [1.165, 1.54) is 0 Å². The average molecular weight is 254 g/mol. The van der Waals surface area contributed by atoms with E-state index in [1.807, 2.05) is 0 Å². The van der Waals surface area contributed by atoms with Crippen LogP contribution in [0.5, 0.6) is 0 Å². The Morgan fingerprint density at radius 3 is 1.28 bits per heavy atom. The van der Waals surface area contributed by atoms with Gasteiger partial charge in [-0.3, -0.25) is 19.2 Å². The number of esters is 4. The van der Waals surface area contributed by atoms with E-state index in [-0.39, 0.29) is 0 Å². The second-order valence-electron chi connectivity index (χ2n) is 4.85. The molecule has 2 rings (SSSR count). The molecule has 6 nitrogen and oxygen atoms in total. The smallest absolute Gasteiger partial charge is 0.317 e. The number of hydrogen-bond acceptors (Lipinski definition) is 6. The standard InChI is InChI=1S/C12H14O6/c1-5-7(11(15)17-9(5)13)3-4-8-6(2)10(14)18-12(8)16/h5-8H,3-4H2,1-2H3. The van der Waals surface area contributed by atoms with Crippen LogP contribution in [-0.2, 0) is 28.7 Å². The summed E-state index contributed by atoms with van der Waals surface area (Å²) >= 11 is 0. The van der Waals surface area contributed by atoms with Gasteiger partial charge in [-0.15, -0.1) is 0 Å². The van der Waals surface area contributed by atoms with Crippen LogP contribution < -0.4 is 0 Å². The van der Waals surface area contributed by atoms with Crippen molar-refractivity contribution >= 4 is 23.9 Å². The summed E-state index contributed by atoms with van der Waals surface area (Å²) in [6.45, 7) is 3.25.